The molecule has 0 unspecified atom stereocenters. The molecule has 0 aliphatic heterocycles. The van der Waals surface area contributed by atoms with Crippen molar-refractivity contribution in [2.45, 2.75) is 13.8 Å². The number of aromatic nitrogens is 1. The van der Waals surface area contributed by atoms with Crippen molar-refractivity contribution in [1.82, 2.24) is 4.57 Å². The van der Waals surface area contributed by atoms with Gasteiger partial charge < -0.3 is 20.9 Å². The zero-order valence-corrected chi connectivity index (χ0v) is 14.7. The monoisotopic (exact) mass is 354 g/mol. The summed E-state index contributed by atoms with van der Waals surface area (Å²) in [5, 5.41) is 6.28. The zero-order valence-electron chi connectivity index (χ0n) is 13.9. The van der Waals surface area contributed by atoms with Crippen molar-refractivity contribution in [3.8, 4) is 5.00 Å². The van der Waals surface area contributed by atoms with Crippen LogP contribution in [0, 0.1) is 13.8 Å². The fraction of sp³-hybridized carbons (Fsp3) is 0.111. The summed E-state index contributed by atoms with van der Waals surface area (Å²) >= 11 is 1.59. The molecule has 25 heavy (non-hydrogen) atoms. The van der Waals surface area contributed by atoms with Crippen molar-refractivity contribution in [3.63, 3.8) is 0 Å². The van der Waals surface area contributed by atoms with Gasteiger partial charge in [0.05, 0.1) is 5.56 Å². The Labute approximate surface area is 149 Å². The lowest BCUT2D eigenvalue weighted by Gasteiger charge is -2.09. The van der Waals surface area contributed by atoms with Crippen LogP contribution in [0.25, 0.3) is 5.00 Å². The number of nitrogens with one attached hydrogen (secondary N) is 2. The molecule has 0 fully saturated rings. The quantitative estimate of drug-likeness (QED) is 0.663. The maximum atomic E-state index is 12.8. The Balaban J connectivity index is 1.85. The van der Waals surface area contributed by atoms with E-state index in [-0.39, 0.29) is 5.91 Å². The topological polar surface area (TPSA) is 89.2 Å². The molecule has 0 saturated carbocycles. The average molecular weight is 354 g/mol. The van der Waals surface area contributed by atoms with E-state index in [1.807, 2.05) is 42.9 Å². The number of urea groups is 1. The van der Waals surface area contributed by atoms with Gasteiger partial charge in [0.15, 0.2) is 0 Å². The van der Waals surface area contributed by atoms with Crippen LogP contribution in [-0.4, -0.2) is 16.5 Å². The van der Waals surface area contributed by atoms with Crippen molar-refractivity contribution in [1.29, 1.82) is 0 Å². The number of anilines is 2. The van der Waals surface area contributed by atoms with Crippen LogP contribution >= 0.6 is 11.3 Å². The minimum atomic E-state index is -0.627. The molecular formula is C18H18N4O2S. The molecule has 0 aliphatic carbocycles. The normalized spacial score (nSPS) is 10.5. The number of nitrogens with zero attached hydrogens (tertiary/aromatic N) is 1. The summed E-state index contributed by atoms with van der Waals surface area (Å²) in [6.45, 7) is 3.96. The van der Waals surface area contributed by atoms with Crippen LogP contribution < -0.4 is 16.4 Å². The van der Waals surface area contributed by atoms with E-state index in [2.05, 4.69) is 10.6 Å². The molecule has 3 aromatic rings. The van der Waals surface area contributed by atoms with Gasteiger partial charge in [0.2, 0.25) is 0 Å². The fourth-order valence-corrected chi connectivity index (χ4v) is 3.62. The number of aryl methyl sites for hydroxylation is 1. The Morgan fingerprint density at radius 1 is 1.00 bits per heavy atom. The second kappa shape index (κ2) is 6.82. The van der Waals surface area contributed by atoms with Crippen molar-refractivity contribution in [2.24, 2.45) is 5.73 Å². The molecule has 0 bridgehead atoms. The minimum Gasteiger partial charge on any atom is -0.351 e. The number of thiophene rings is 1. The number of nitrogens with two attached hydrogens (primary N) is 1. The maximum Gasteiger partial charge on any atom is 0.316 e. The fourth-order valence-electron chi connectivity index (χ4n) is 2.50. The van der Waals surface area contributed by atoms with Crippen LogP contribution in [0.2, 0.25) is 0 Å². The van der Waals surface area contributed by atoms with Crippen LogP contribution in [0.1, 0.15) is 20.8 Å². The Kier molecular flexibility index (Phi) is 4.58. The molecule has 7 heteroatoms. The largest absolute Gasteiger partial charge is 0.351 e. The highest BCUT2D eigenvalue weighted by molar-refractivity contribution is 7.15. The number of rotatable bonds is 4. The summed E-state index contributed by atoms with van der Waals surface area (Å²) < 4.78 is 1.94. The maximum absolute atomic E-state index is 12.8. The first-order valence-corrected chi connectivity index (χ1v) is 8.48. The van der Waals surface area contributed by atoms with E-state index in [1.165, 1.54) is 0 Å². The molecule has 2 aromatic heterocycles. The molecule has 0 saturated heterocycles. The van der Waals surface area contributed by atoms with E-state index in [0.717, 1.165) is 15.4 Å². The number of primary amides is 1. The molecule has 0 spiro atoms. The molecule has 1 aromatic carbocycles. The van der Waals surface area contributed by atoms with Gasteiger partial charge in [-0.3, -0.25) is 4.79 Å². The molecule has 4 N–H and O–H groups in total. The van der Waals surface area contributed by atoms with Crippen LogP contribution in [0.3, 0.4) is 0 Å². The molecule has 128 valence electrons. The van der Waals surface area contributed by atoms with Gasteiger partial charge in [-0.15, -0.1) is 11.3 Å². The first-order valence-electron chi connectivity index (χ1n) is 7.67. The lowest BCUT2D eigenvalue weighted by Crippen LogP contribution is -2.19. The second-order valence-corrected chi connectivity index (χ2v) is 6.78. The van der Waals surface area contributed by atoms with Gasteiger partial charge >= 0.3 is 6.03 Å². The van der Waals surface area contributed by atoms with Crippen molar-refractivity contribution >= 4 is 34.6 Å². The molecule has 3 rings (SSSR count). The molecule has 2 heterocycles. The Hall–Kier alpha value is -3.06. The lowest BCUT2D eigenvalue weighted by atomic mass is 10.1. The summed E-state index contributed by atoms with van der Waals surface area (Å²) in [5.74, 6) is -0.166. The van der Waals surface area contributed by atoms with Gasteiger partial charge in [-0.1, -0.05) is 0 Å². The molecule has 0 atom stereocenters. The van der Waals surface area contributed by atoms with Gasteiger partial charge in [-0.25, -0.2) is 4.79 Å². The summed E-state index contributed by atoms with van der Waals surface area (Å²) in [6.07, 6.45) is 3.84. The third kappa shape index (κ3) is 3.56. The molecule has 3 amide bonds. The van der Waals surface area contributed by atoms with E-state index in [4.69, 9.17) is 5.73 Å². The Morgan fingerprint density at radius 3 is 2.12 bits per heavy atom. The summed E-state index contributed by atoms with van der Waals surface area (Å²) in [4.78, 5) is 24.8. The third-order valence-corrected chi connectivity index (χ3v) is 5.06. The van der Waals surface area contributed by atoms with E-state index < -0.39 is 6.03 Å². The smallest absolute Gasteiger partial charge is 0.316 e. The Morgan fingerprint density at radius 2 is 1.56 bits per heavy atom. The average Bonchev–Trinajstić information content (AvgIpc) is 3.18. The van der Waals surface area contributed by atoms with Crippen LogP contribution in [0.5, 0.6) is 0 Å². The van der Waals surface area contributed by atoms with Crippen molar-refractivity contribution in [3.05, 3.63) is 64.8 Å². The molecule has 0 radical (unpaired) electrons. The third-order valence-electron chi connectivity index (χ3n) is 3.84. The Bertz CT molecular complexity index is 911. The van der Waals surface area contributed by atoms with Gasteiger partial charge in [-0.05, 0) is 55.8 Å². The number of carbonyl (C=O) groups excluding carboxylic acids is 2. The first-order chi connectivity index (χ1) is 12.0. The number of hydrogen-bond acceptors (Lipinski definition) is 3. The summed E-state index contributed by atoms with van der Waals surface area (Å²) in [5.41, 5.74) is 7.93. The van der Waals surface area contributed by atoms with Crippen LogP contribution in [0.4, 0.5) is 16.2 Å². The molecular weight excluding hydrogens is 336 g/mol. The van der Waals surface area contributed by atoms with Gasteiger partial charge in [0.25, 0.3) is 5.91 Å². The van der Waals surface area contributed by atoms with E-state index >= 15 is 0 Å². The van der Waals surface area contributed by atoms with Crippen molar-refractivity contribution in [2.75, 3.05) is 10.6 Å². The standard InChI is InChI=1S/C18H18N4O2S/c1-11-12(2)25-17(22-9-3-4-10-22)15(11)16(23)20-13-5-7-14(8-6-13)21-18(19)24/h3-10H,1-2H3,(H,20,23)(H3,19,21,24). The lowest BCUT2D eigenvalue weighted by molar-refractivity contribution is 0.102. The van der Waals surface area contributed by atoms with E-state index in [9.17, 15) is 9.59 Å². The number of hydrogen-bond donors (Lipinski definition) is 3. The SMILES string of the molecule is Cc1sc(-n2cccc2)c(C(=O)Nc2ccc(NC(N)=O)cc2)c1C. The molecule has 0 aliphatic rings. The van der Waals surface area contributed by atoms with Crippen LogP contribution in [-0.2, 0) is 0 Å². The van der Waals surface area contributed by atoms with Gasteiger partial charge in [0, 0.05) is 28.6 Å². The highest BCUT2D eigenvalue weighted by atomic mass is 32.1. The summed E-state index contributed by atoms with van der Waals surface area (Å²) in [7, 11) is 0. The predicted octanol–water partition coefficient (Wildman–Crippen LogP) is 3.90. The first kappa shape index (κ1) is 16.8. The summed E-state index contributed by atoms with van der Waals surface area (Å²) in [6, 6.07) is 10.0. The predicted molar refractivity (Wildman–Crippen MR) is 101 cm³/mol. The minimum absolute atomic E-state index is 0.166. The number of carbonyl (C=O) groups is 2. The van der Waals surface area contributed by atoms with Crippen LogP contribution in [0.15, 0.2) is 48.8 Å². The number of benzene rings is 1. The van der Waals surface area contributed by atoms with Gasteiger partial charge in [-0.2, -0.15) is 0 Å². The highest BCUT2D eigenvalue weighted by Crippen LogP contribution is 2.31. The second-order valence-electron chi connectivity index (χ2n) is 5.57. The van der Waals surface area contributed by atoms with Crippen molar-refractivity contribution < 1.29 is 9.59 Å². The van der Waals surface area contributed by atoms with E-state index in [0.29, 0.717) is 16.9 Å². The van der Waals surface area contributed by atoms with Gasteiger partial charge in [0.1, 0.15) is 5.00 Å². The zero-order chi connectivity index (χ0) is 18.0. The molecule has 6 nitrogen and oxygen atoms in total. The van der Waals surface area contributed by atoms with E-state index in [1.54, 1.807) is 35.6 Å². The number of amides is 3. The highest BCUT2D eigenvalue weighted by Gasteiger charge is 2.20.